The summed E-state index contributed by atoms with van der Waals surface area (Å²) in [6.07, 6.45) is 1.67. The number of rotatable bonds is 4. The number of phenols is 1. The molecular formula is C29H22N4O3. The lowest BCUT2D eigenvalue weighted by Gasteiger charge is -2.09. The van der Waals surface area contributed by atoms with Crippen molar-refractivity contribution in [3.05, 3.63) is 112 Å². The van der Waals surface area contributed by atoms with Gasteiger partial charge >= 0.3 is 0 Å². The quantitative estimate of drug-likeness (QED) is 0.327. The van der Waals surface area contributed by atoms with Gasteiger partial charge in [0.05, 0.1) is 17.1 Å². The molecule has 0 saturated heterocycles. The van der Waals surface area contributed by atoms with Crippen LogP contribution in [0, 0.1) is 13.8 Å². The predicted octanol–water partition coefficient (Wildman–Crippen LogP) is 5.81. The molecule has 0 unspecified atom stereocenters. The predicted molar refractivity (Wildman–Crippen MR) is 141 cm³/mol. The van der Waals surface area contributed by atoms with Crippen LogP contribution in [0.3, 0.4) is 0 Å². The second-order valence-electron chi connectivity index (χ2n) is 8.64. The van der Waals surface area contributed by atoms with Crippen LogP contribution in [-0.4, -0.2) is 25.5 Å². The molecule has 0 aliphatic rings. The Morgan fingerprint density at radius 1 is 0.944 bits per heavy atom. The normalized spacial score (nSPS) is 11.7. The van der Waals surface area contributed by atoms with E-state index >= 15 is 0 Å². The molecule has 7 nitrogen and oxygen atoms in total. The van der Waals surface area contributed by atoms with E-state index in [9.17, 15) is 9.90 Å². The van der Waals surface area contributed by atoms with E-state index < -0.39 is 0 Å². The molecule has 0 radical (unpaired) electrons. The molecule has 0 aliphatic carbocycles. The number of furan rings is 1. The summed E-state index contributed by atoms with van der Waals surface area (Å²) in [4.78, 5) is 18.2. The molecule has 6 rings (SSSR count). The van der Waals surface area contributed by atoms with Crippen molar-refractivity contribution in [2.24, 2.45) is 5.10 Å². The molecule has 3 aromatic carbocycles. The van der Waals surface area contributed by atoms with Gasteiger partial charge in [-0.25, -0.2) is 4.98 Å². The highest BCUT2D eigenvalue weighted by molar-refractivity contribution is 5.85. The third kappa shape index (κ3) is 3.58. The van der Waals surface area contributed by atoms with Crippen molar-refractivity contribution in [1.29, 1.82) is 0 Å². The number of aromatic hydroxyl groups is 1. The Morgan fingerprint density at radius 2 is 1.69 bits per heavy atom. The fourth-order valence-corrected chi connectivity index (χ4v) is 4.52. The minimum atomic E-state index is -0.278. The number of aryl methyl sites for hydroxylation is 1. The summed E-state index contributed by atoms with van der Waals surface area (Å²) < 4.78 is 9.41. The Balaban J connectivity index is 1.51. The Kier molecular flexibility index (Phi) is 5.04. The zero-order chi connectivity index (χ0) is 24.8. The maximum atomic E-state index is 13.5. The fraction of sp³-hybridized carbons (Fsp3) is 0.0690. The Bertz CT molecular complexity index is 1810. The van der Waals surface area contributed by atoms with Gasteiger partial charge in [-0.05, 0) is 68.4 Å². The molecule has 7 heteroatoms. The number of aromatic nitrogens is 3. The highest BCUT2D eigenvalue weighted by Gasteiger charge is 2.17. The van der Waals surface area contributed by atoms with Crippen LogP contribution in [0.5, 0.6) is 5.75 Å². The average Bonchev–Trinajstić information content (AvgIpc) is 3.44. The number of benzene rings is 3. The fourth-order valence-electron chi connectivity index (χ4n) is 4.52. The summed E-state index contributed by atoms with van der Waals surface area (Å²) in [7, 11) is 0. The maximum absolute atomic E-state index is 13.5. The average molecular weight is 475 g/mol. The highest BCUT2D eigenvalue weighted by atomic mass is 16.3. The summed E-state index contributed by atoms with van der Waals surface area (Å²) in [5.41, 5.74) is 4.75. The van der Waals surface area contributed by atoms with Crippen molar-refractivity contribution in [2.45, 2.75) is 13.8 Å². The van der Waals surface area contributed by atoms with E-state index in [0.29, 0.717) is 28.1 Å². The molecule has 0 fully saturated rings. The van der Waals surface area contributed by atoms with Crippen molar-refractivity contribution in [2.75, 3.05) is 0 Å². The maximum Gasteiger partial charge on any atom is 0.282 e. The number of hydrogen-bond acceptors (Lipinski definition) is 5. The van der Waals surface area contributed by atoms with E-state index in [-0.39, 0.29) is 11.3 Å². The third-order valence-corrected chi connectivity index (χ3v) is 6.29. The van der Waals surface area contributed by atoms with E-state index in [4.69, 9.17) is 9.40 Å². The second-order valence-corrected chi connectivity index (χ2v) is 8.64. The molecule has 3 aromatic heterocycles. The molecule has 0 aliphatic heterocycles. The zero-order valence-electron chi connectivity index (χ0n) is 19.7. The van der Waals surface area contributed by atoms with Gasteiger partial charge < -0.3 is 14.1 Å². The molecule has 0 saturated carbocycles. The molecule has 0 spiro atoms. The van der Waals surface area contributed by atoms with Crippen LogP contribution < -0.4 is 5.56 Å². The molecule has 1 N–H and O–H groups in total. The van der Waals surface area contributed by atoms with Crippen LogP contribution in [0.4, 0.5) is 0 Å². The van der Waals surface area contributed by atoms with Crippen LogP contribution in [0.15, 0.2) is 99.2 Å². The number of phenolic OH excluding ortho intramolecular Hbond substituents is 1. The second kappa shape index (κ2) is 8.39. The summed E-state index contributed by atoms with van der Waals surface area (Å²) in [6, 6.07) is 25.8. The van der Waals surface area contributed by atoms with Gasteiger partial charge in [0.15, 0.2) is 5.76 Å². The number of hydrogen-bond donors (Lipinski definition) is 1. The Morgan fingerprint density at radius 3 is 2.50 bits per heavy atom. The topological polar surface area (TPSA) is 85.5 Å². The summed E-state index contributed by atoms with van der Waals surface area (Å²) in [5.74, 6) is 1.01. The van der Waals surface area contributed by atoms with E-state index in [2.05, 4.69) is 9.67 Å². The van der Waals surface area contributed by atoms with Gasteiger partial charge in [0.2, 0.25) is 5.82 Å². The summed E-state index contributed by atoms with van der Waals surface area (Å²) in [5, 5.41) is 15.6. The first-order valence-electron chi connectivity index (χ1n) is 11.5. The molecule has 0 amide bonds. The van der Waals surface area contributed by atoms with Crippen molar-refractivity contribution < 1.29 is 9.52 Å². The first-order chi connectivity index (χ1) is 17.5. The Labute approximate surface area is 206 Å². The van der Waals surface area contributed by atoms with Gasteiger partial charge in [-0.15, -0.1) is 0 Å². The molecule has 0 atom stereocenters. The van der Waals surface area contributed by atoms with Gasteiger partial charge in [0.1, 0.15) is 11.3 Å². The van der Waals surface area contributed by atoms with Gasteiger partial charge in [-0.1, -0.05) is 30.3 Å². The van der Waals surface area contributed by atoms with Crippen molar-refractivity contribution in [3.63, 3.8) is 0 Å². The monoisotopic (exact) mass is 474 g/mol. The zero-order valence-corrected chi connectivity index (χ0v) is 19.7. The van der Waals surface area contributed by atoms with E-state index in [1.807, 2.05) is 80.6 Å². The van der Waals surface area contributed by atoms with Crippen molar-refractivity contribution in [1.82, 2.24) is 14.2 Å². The standard InChI is InChI=1S/C29H22N4O3/c1-18-15-21(19(2)32(18)22-11-13-23(34)14-12-22)17-30-33-28(27-16-20-7-3-6-10-26(20)36-27)31-25-9-5-4-8-24(25)29(33)35/h3-17,34H,1-2H3. The lowest BCUT2D eigenvalue weighted by molar-refractivity contribution is 0.475. The summed E-state index contributed by atoms with van der Waals surface area (Å²) >= 11 is 0. The first-order valence-corrected chi connectivity index (χ1v) is 11.5. The van der Waals surface area contributed by atoms with Crippen LogP contribution in [0.1, 0.15) is 17.0 Å². The number of fused-ring (bicyclic) bond motifs is 2. The van der Waals surface area contributed by atoms with Gasteiger partial charge in [-0.2, -0.15) is 9.78 Å². The van der Waals surface area contributed by atoms with E-state index in [1.54, 1.807) is 24.4 Å². The van der Waals surface area contributed by atoms with Crippen LogP contribution in [0.2, 0.25) is 0 Å². The molecular weight excluding hydrogens is 452 g/mol. The molecule has 36 heavy (non-hydrogen) atoms. The molecule has 3 heterocycles. The SMILES string of the molecule is Cc1cc(C=Nn2c(-c3cc4ccccc4o3)nc3ccccc3c2=O)c(C)n1-c1ccc(O)cc1. The smallest absolute Gasteiger partial charge is 0.282 e. The van der Waals surface area contributed by atoms with E-state index in [1.165, 1.54) is 4.68 Å². The number of nitrogens with zero attached hydrogens (tertiary/aromatic N) is 4. The van der Waals surface area contributed by atoms with Crippen LogP contribution in [0.25, 0.3) is 39.1 Å². The molecule has 176 valence electrons. The first kappa shape index (κ1) is 21.6. The van der Waals surface area contributed by atoms with Gasteiger partial charge in [-0.3, -0.25) is 4.79 Å². The largest absolute Gasteiger partial charge is 0.508 e. The summed E-state index contributed by atoms with van der Waals surface area (Å²) in [6.45, 7) is 3.99. The van der Waals surface area contributed by atoms with Gasteiger partial charge in [0.25, 0.3) is 5.56 Å². The Hall–Kier alpha value is -4.91. The number of para-hydroxylation sites is 2. The lowest BCUT2D eigenvalue weighted by atomic mass is 10.2. The van der Waals surface area contributed by atoms with Crippen LogP contribution >= 0.6 is 0 Å². The van der Waals surface area contributed by atoms with Crippen LogP contribution in [-0.2, 0) is 0 Å². The van der Waals surface area contributed by atoms with Crippen molar-refractivity contribution in [3.8, 4) is 23.0 Å². The molecule has 6 aromatic rings. The van der Waals surface area contributed by atoms with E-state index in [0.717, 1.165) is 28.0 Å². The highest BCUT2D eigenvalue weighted by Crippen LogP contribution is 2.27. The third-order valence-electron chi connectivity index (χ3n) is 6.29. The molecule has 0 bridgehead atoms. The van der Waals surface area contributed by atoms with Gasteiger partial charge in [0, 0.05) is 28.0 Å². The van der Waals surface area contributed by atoms with Crippen molar-refractivity contribution >= 4 is 28.1 Å². The minimum absolute atomic E-state index is 0.212. The minimum Gasteiger partial charge on any atom is -0.508 e. The lowest BCUT2D eigenvalue weighted by Crippen LogP contribution is -2.20.